The van der Waals surface area contributed by atoms with E-state index in [0.29, 0.717) is 6.42 Å². The predicted octanol–water partition coefficient (Wildman–Crippen LogP) is 2.02. The van der Waals surface area contributed by atoms with E-state index in [2.05, 4.69) is 16.0 Å². The number of carbonyl (C=O) groups is 2. The summed E-state index contributed by atoms with van der Waals surface area (Å²) in [4.78, 5) is 23.8. The minimum absolute atomic E-state index is 0.0469. The molecule has 7 heteroatoms. The van der Waals surface area contributed by atoms with Gasteiger partial charge in [0, 0.05) is 5.56 Å². The van der Waals surface area contributed by atoms with E-state index < -0.39 is 12.5 Å². The molecular formula is C16H21F2N3O2. The lowest BCUT2D eigenvalue weighted by molar-refractivity contribution is -0.132. The van der Waals surface area contributed by atoms with Crippen molar-refractivity contribution < 1.29 is 18.4 Å². The van der Waals surface area contributed by atoms with E-state index in [4.69, 9.17) is 0 Å². The molecule has 2 rings (SSSR count). The Kier molecular flexibility index (Phi) is 5.65. The third-order valence-corrected chi connectivity index (χ3v) is 3.85. The second kappa shape index (κ2) is 7.50. The van der Waals surface area contributed by atoms with Crippen molar-refractivity contribution in [2.45, 2.75) is 51.4 Å². The highest BCUT2D eigenvalue weighted by Crippen LogP contribution is 2.23. The van der Waals surface area contributed by atoms with Gasteiger partial charge in [-0.3, -0.25) is 14.9 Å². The van der Waals surface area contributed by atoms with Crippen molar-refractivity contribution >= 4 is 11.8 Å². The molecule has 0 aliphatic carbocycles. The minimum Gasteiger partial charge on any atom is -0.348 e. The summed E-state index contributed by atoms with van der Waals surface area (Å²) in [6.07, 6.45) is -2.08. The summed E-state index contributed by atoms with van der Waals surface area (Å²) in [5, 5.41) is 8.56. The highest BCUT2D eigenvalue weighted by atomic mass is 19.3. The average Bonchev–Trinajstić information content (AvgIpc) is 2.51. The topological polar surface area (TPSA) is 70.2 Å². The number of benzene rings is 1. The second-order valence-electron chi connectivity index (χ2n) is 5.65. The molecule has 1 heterocycles. The van der Waals surface area contributed by atoms with Crippen molar-refractivity contribution in [1.82, 2.24) is 16.0 Å². The number of rotatable bonds is 5. The van der Waals surface area contributed by atoms with Crippen LogP contribution in [0.25, 0.3) is 0 Å². The molecule has 0 bridgehead atoms. The number of hydrogen-bond donors (Lipinski definition) is 3. The van der Waals surface area contributed by atoms with Crippen molar-refractivity contribution in [3.63, 3.8) is 0 Å². The fourth-order valence-electron chi connectivity index (χ4n) is 2.62. The molecule has 2 unspecified atom stereocenters. The van der Waals surface area contributed by atoms with Gasteiger partial charge in [-0.25, -0.2) is 8.78 Å². The number of amides is 2. The molecule has 0 radical (unpaired) electrons. The fraction of sp³-hybridized carbons (Fsp3) is 0.500. The van der Waals surface area contributed by atoms with Crippen molar-refractivity contribution in [3.05, 3.63) is 35.4 Å². The molecule has 23 heavy (non-hydrogen) atoms. The first-order valence-corrected chi connectivity index (χ1v) is 7.64. The number of halogens is 2. The van der Waals surface area contributed by atoms with Crippen molar-refractivity contribution in [2.75, 3.05) is 0 Å². The molecule has 126 valence electrons. The van der Waals surface area contributed by atoms with Gasteiger partial charge in [-0.15, -0.1) is 0 Å². The average molecular weight is 325 g/mol. The third-order valence-electron chi connectivity index (χ3n) is 3.85. The Balaban J connectivity index is 2.03. The van der Waals surface area contributed by atoms with Gasteiger partial charge >= 0.3 is 0 Å². The van der Waals surface area contributed by atoms with E-state index in [0.717, 1.165) is 5.56 Å². The molecule has 1 aromatic rings. The highest BCUT2D eigenvalue weighted by molar-refractivity contribution is 5.89. The van der Waals surface area contributed by atoms with Crippen LogP contribution in [-0.4, -0.2) is 24.0 Å². The van der Waals surface area contributed by atoms with Crippen LogP contribution < -0.4 is 16.0 Å². The summed E-state index contributed by atoms with van der Waals surface area (Å²) < 4.78 is 25.2. The molecule has 3 N–H and O–H groups in total. The summed E-state index contributed by atoms with van der Waals surface area (Å²) in [5.41, 5.74) is 0.716. The maximum absolute atomic E-state index is 12.6. The normalized spacial score (nSPS) is 22.6. The van der Waals surface area contributed by atoms with Gasteiger partial charge in [0.25, 0.3) is 6.43 Å². The lowest BCUT2D eigenvalue weighted by Crippen LogP contribution is -2.59. The number of alkyl halides is 2. The quantitative estimate of drug-likeness (QED) is 0.776. The predicted molar refractivity (Wildman–Crippen MR) is 81.7 cm³/mol. The Morgan fingerprint density at radius 3 is 2.43 bits per heavy atom. The van der Waals surface area contributed by atoms with Crippen molar-refractivity contribution in [2.24, 2.45) is 0 Å². The Hall–Kier alpha value is -2.02. The summed E-state index contributed by atoms with van der Waals surface area (Å²) in [6.45, 7) is 3.66. The molecule has 1 aromatic carbocycles. The van der Waals surface area contributed by atoms with E-state index in [-0.39, 0.29) is 36.0 Å². The van der Waals surface area contributed by atoms with Gasteiger partial charge in [0.15, 0.2) is 0 Å². The van der Waals surface area contributed by atoms with Crippen LogP contribution in [0.4, 0.5) is 8.78 Å². The third kappa shape index (κ3) is 4.48. The lowest BCUT2D eigenvalue weighted by atomic mass is 10.0. The summed E-state index contributed by atoms with van der Waals surface area (Å²) in [5.74, 6) is -0.442. The molecule has 1 saturated heterocycles. The number of nitrogens with one attached hydrogen (secondary N) is 3. The molecule has 0 spiro atoms. The Bertz CT molecular complexity index is 563. The molecule has 1 fully saturated rings. The zero-order valence-corrected chi connectivity index (χ0v) is 13.1. The van der Waals surface area contributed by atoms with Crippen LogP contribution in [0.5, 0.6) is 0 Å². The Labute approximate surface area is 133 Å². The van der Waals surface area contributed by atoms with Crippen molar-refractivity contribution in [3.8, 4) is 0 Å². The maximum atomic E-state index is 12.6. The van der Waals surface area contributed by atoms with Gasteiger partial charge in [0.2, 0.25) is 11.8 Å². The summed E-state index contributed by atoms with van der Waals surface area (Å²) in [7, 11) is 0. The molecule has 1 aliphatic heterocycles. The SMILES string of the molecule is CC[C@@H](NC(=O)C1CC(=O)NC(C)N1)c1ccc(C(F)F)cc1. The van der Waals surface area contributed by atoms with E-state index in [1.807, 2.05) is 6.92 Å². The van der Waals surface area contributed by atoms with Gasteiger partial charge in [-0.1, -0.05) is 31.2 Å². The van der Waals surface area contributed by atoms with Gasteiger partial charge in [0.1, 0.15) is 0 Å². The van der Waals surface area contributed by atoms with E-state index in [1.165, 1.54) is 12.1 Å². The first-order valence-electron chi connectivity index (χ1n) is 7.64. The zero-order valence-electron chi connectivity index (χ0n) is 13.1. The van der Waals surface area contributed by atoms with Crippen LogP contribution in [0, 0.1) is 0 Å². The van der Waals surface area contributed by atoms with Crippen LogP contribution in [0.15, 0.2) is 24.3 Å². The molecule has 1 aliphatic rings. The standard InChI is InChI=1S/C16H21F2N3O2/c1-3-12(10-4-6-11(7-5-10)15(17)18)21-16(23)13-8-14(22)20-9(2)19-13/h4-7,9,12-13,15,19H,3,8H2,1-2H3,(H,20,22)(H,21,23)/t9?,12-,13?/m1/s1. The monoisotopic (exact) mass is 325 g/mol. The van der Waals surface area contributed by atoms with Gasteiger partial charge in [0.05, 0.1) is 24.7 Å². The van der Waals surface area contributed by atoms with E-state index in [1.54, 1.807) is 19.1 Å². The smallest absolute Gasteiger partial charge is 0.263 e. The molecule has 5 nitrogen and oxygen atoms in total. The first kappa shape index (κ1) is 17.3. The number of carbonyl (C=O) groups excluding carboxylic acids is 2. The molecular weight excluding hydrogens is 304 g/mol. The van der Waals surface area contributed by atoms with Crippen LogP contribution >= 0.6 is 0 Å². The highest BCUT2D eigenvalue weighted by Gasteiger charge is 2.29. The zero-order chi connectivity index (χ0) is 17.0. The molecule has 3 atom stereocenters. The van der Waals surface area contributed by atoms with Gasteiger partial charge in [-0.05, 0) is 18.9 Å². The molecule has 0 aromatic heterocycles. The molecule has 2 amide bonds. The maximum Gasteiger partial charge on any atom is 0.263 e. The Morgan fingerprint density at radius 1 is 1.30 bits per heavy atom. The fourth-order valence-corrected chi connectivity index (χ4v) is 2.62. The van der Waals surface area contributed by atoms with Crippen LogP contribution in [0.3, 0.4) is 0 Å². The largest absolute Gasteiger partial charge is 0.348 e. The lowest BCUT2D eigenvalue weighted by Gasteiger charge is -2.30. The number of hydrogen-bond acceptors (Lipinski definition) is 3. The van der Waals surface area contributed by atoms with Crippen molar-refractivity contribution in [1.29, 1.82) is 0 Å². The van der Waals surface area contributed by atoms with E-state index in [9.17, 15) is 18.4 Å². The van der Waals surface area contributed by atoms with E-state index >= 15 is 0 Å². The minimum atomic E-state index is -2.51. The van der Waals surface area contributed by atoms with Crippen LogP contribution in [-0.2, 0) is 9.59 Å². The summed E-state index contributed by atoms with van der Waals surface area (Å²) in [6, 6.07) is 5.05. The van der Waals surface area contributed by atoms with Gasteiger partial charge in [-0.2, -0.15) is 0 Å². The molecule has 0 saturated carbocycles. The first-order chi connectivity index (χ1) is 10.9. The Morgan fingerprint density at radius 2 is 1.91 bits per heavy atom. The van der Waals surface area contributed by atoms with Crippen LogP contribution in [0.1, 0.15) is 50.3 Å². The van der Waals surface area contributed by atoms with Crippen LogP contribution in [0.2, 0.25) is 0 Å². The summed E-state index contributed by atoms with van der Waals surface area (Å²) >= 11 is 0. The second-order valence-corrected chi connectivity index (χ2v) is 5.65. The van der Waals surface area contributed by atoms with Gasteiger partial charge < -0.3 is 10.6 Å².